The van der Waals surface area contributed by atoms with Crippen LogP contribution in [0.25, 0.3) is 10.9 Å². The zero-order valence-corrected chi connectivity index (χ0v) is 21.6. The van der Waals surface area contributed by atoms with Gasteiger partial charge in [-0.05, 0) is 64.1 Å². The maximum Gasteiger partial charge on any atom is 0.273 e. The third-order valence-electron chi connectivity index (χ3n) is 7.18. The summed E-state index contributed by atoms with van der Waals surface area (Å²) in [7, 11) is 1.65. The Kier molecular flexibility index (Phi) is 9.21. The van der Waals surface area contributed by atoms with Crippen LogP contribution in [0.4, 0.5) is 0 Å². The van der Waals surface area contributed by atoms with Gasteiger partial charge in [0, 0.05) is 37.2 Å². The molecule has 0 radical (unpaired) electrons. The molecule has 2 heterocycles. The molecule has 35 heavy (non-hydrogen) atoms. The molecule has 1 atom stereocenters. The highest BCUT2D eigenvalue weighted by Crippen LogP contribution is 2.34. The number of ether oxygens (including phenoxy) is 3. The van der Waals surface area contributed by atoms with Crippen molar-refractivity contribution >= 4 is 16.8 Å². The van der Waals surface area contributed by atoms with E-state index in [-0.39, 0.29) is 18.0 Å². The molecule has 1 aromatic carbocycles. The quantitative estimate of drug-likeness (QED) is 0.489. The fourth-order valence-corrected chi connectivity index (χ4v) is 5.36. The summed E-state index contributed by atoms with van der Waals surface area (Å²) >= 11 is 0. The van der Waals surface area contributed by atoms with Gasteiger partial charge in [0.25, 0.3) is 5.91 Å². The Hall–Kier alpha value is -2.38. The number of amides is 1. The van der Waals surface area contributed by atoms with Crippen molar-refractivity contribution in [3.8, 4) is 11.5 Å². The van der Waals surface area contributed by atoms with Crippen molar-refractivity contribution in [3.63, 3.8) is 0 Å². The lowest BCUT2D eigenvalue weighted by atomic mass is 9.90. The highest BCUT2D eigenvalue weighted by atomic mass is 16.5. The molecule has 1 aliphatic carbocycles. The number of benzene rings is 1. The van der Waals surface area contributed by atoms with Gasteiger partial charge in [-0.2, -0.15) is 0 Å². The van der Waals surface area contributed by atoms with Crippen LogP contribution in [0, 0.1) is 5.92 Å². The number of methoxy groups -OCH3 is 1. The lowest BCUT2D eigenvalue weighted by Gasteiger charge is -2.37. The summed E-state index contributed by atoms with van der Waals surface area (Å²) in [5.74, 6) is 1.88. The van der Waals surface area contributed by atoms with E-state index in [2.05, 4.69) is 19.2 Å². The van der Waals surface area contributed by atoms with E-state index in [0.29, 0.717) is 42.7 Å². The topological polar surface area (TPSA) is 72.9 Å². The monoisotopic (exact) mass is 483 g/mol. The molecule has 4 rings (SSSR count). The lowest BCUT2D eigenvalue weighted by molar-refractivity contribution is 0.0567. The summed E-state index contributed by atoms with van der Waals surface area (Å²) in [6.45, 7) is 7.51. The molecule has 1 aromatic heterocycles. The van der Waals surface area contributed by atoms with Gasteiger partial charge < -0.3 is 24.4 Å². The number of fused-ring (bicyclic) bond motifs is 1. The van der Waals surface area contributed by atoms with E-state index in [1.54, 1.807) is 13.2 Å². The lowest BCUT2D eigenvalue weighted by Crippen LogP contribution is -2.51. The summed E-state index contributed by atoms with van der Waals surface area (Å²) in [6, 6.07) is 7.93. The number of carbonyl (C=O) groups is 1. The molecule has 0 spiro atoms. The first-order valence-corrected chi connectivity index (χ1v) is 13.3. The number of nitrogens with zero attached hydrogens (tertiary/aromatic N) is 2. The Bertz CT molecular complexity index is 968. The number of hydrogen-bond donors (Lipinski definition) is 1. The number of rotatable bonds is 10. The van der Waals surface area contributed by atoms with Crippen LogP contribution in [0.3, 0.4) is 0 Å². The Labute approximate surface area is 209 Å². The van der Waals surface area contributed by atoms with Gasteiger partial charge in [-0.1, -0.05) is 25.3 Å². The van der Waals surface area contributed by atoms with E-state index in [1.807, 2.05) is 23.1 Å². The standard InChI is InChI=1S/C28H41N3O4/c1-20(2)31(22-11-8-14-29-18-22)28(32)24-17-26(34-16-15-33-3)23-12-7-13-25(27(23)30-24)35-19-21-9-5-4-6-10-21/h7,12-13,17,20-22,29H,4-6,8-11,14-16,18-19H2,1-3H3/t22-/m1/s1. The third kappa shape index (κ3) is 6.44. The molecule has 1 amide bonds. The van der Waals surface area contributed by atoms with E-state index >= 15 is 0 Å². The van der Waals surface area contributed by atoms with Crippen LogP contribution in [0.5, 0.6) is 11.5 Å². The van der Waals surface area contributed by atoms with Gasteiger partial charge in [0.2, 0.25) is 0 Å². The van der Waals surface area contributed by atoms with Gasteiger partial charge in [-0.25, -0.2) is 4.98 Å². The number of para-hydroxylation sites is 1. The maximum absolute atomic E-state index is 13.8. The van der Waals surface area contributed by atoms with Gasteiger partial charge >= 0.3 is 0 Å². The second-order valence-corrected chi connectivity index (χ2v) is 10.1. The molecule has 1 N–H and O–H groups in total. The molecule has 1 saturated carbocycles. The molecular formula is C28H41N3O4. The van der Waals surface area contributed by atoms with Crippen LogP contribution >= 0.6 is 0 Å². The number of aromatic nitrogens is 1. The van der Waals surface area contributed by atoms with E-state index < -0.39 is 0 Å². The summed E-state index contributed by atoms with van der Waals surface area (Å²) in [5, 5.41) is 4.29. The normalized spacial score (nSPS) is 19.1. The second-order valence-electron chi connectivity index (χ2n) is 10.1. The molecule has 1 aliphatic heterocycles. The zero-order valence-electron chi connectivity index (χ0n) is 21.6. The molecule has 2 aliphatic rings. The summed E-state index contributed by atoms with van der Waals surface area (Å²) in [6.07, 6.45) is 8.37. The molecule has 0 unspecified atom stereocenters. The Morgan fingerprint density at radius 2 is 1.91 bits per heavy atom. The molecule has 1 saturated heterocycles. The van der Waals surface area contributed by atoms with Gasteiger partial charge in [0.15, 0.2) is 0 Å². The fraction of sp³-hybridized carbons (Fsp3) is 0.643. The SMILES string of the molecule is COCCOc1cc(C(=O)N(C(C)C)[C@@H]2CCCNC2)nc2c(OCC3CCCCC3)cccc12. The second kappa shape index (κ2) is 12.5. The minimum Gasteiger partial charge on any atom is -0.491 e. The number of piperidine rings is 1. The van der Waals surface area contributed by atoms with Crippen molar-refractivity contribution in [3.05, 3.63) is 30.0 Å². The molecular weight excluding hydrogens is 442 g/mol. The summed E-state index contributed by atoms with van der Waals surface area (Å²) < 4.78 is 17.6. The van der Waals surface area contributed by atoms with Gasteiger partial charge in [0.1, 0.15) is 29.3 Å². The van der Waals surface area contributed by atoms with Crippen LogP contribution in [0.2, 0.25) is 0 Å². The van der Waals surface area contributed by atoms with Crippen LogP contribution in [-0.2, 0) is 4.74 Å². The number of nitrogens with one attached hydrogen (secondary N) is 1. The number of hydrogen-bond acceptors (Lipinski definition) is 6. The Morgan fingerprint density at radius 3 is 2.63 bits per heavy atom. The molecule has 2 fully saturated rings. The predicted molar refractivity (Wildman–Crippen MR) is 138 cm³/mol. The highest BCUT2D eigenvalue weighted by Gasteiger charge is 2.30. The zero-order chi connectivity index (χ0) is 24.6. The van der Waals surface area contributed by atoms with Gasteiger partial charge in [-0.3, -0.25) is 4.79 Å². The highest BCUT2D eigenvalue weighted by molar-refractivity contribution is 5.98. The molecule has 7 heteroatoms. The minimum atomic E-state index is -0.0609. The van der Waals surface area contributed by atoms with Crippen molar-refractivity contribution in [2.24, 2.45) is 5.92 Å². The van der Waals surface area contributed by atoms with Crippen molar-refractivity contribution in [1.29, 1.82) is 0 Å². The van der Waals surface area contributed by atoms with E-state index in [1.165, 1.54) is 32.1 Å². The van der Waals surface area contributed by atoms with Crippen LogP contribution < -0.4 is 14.8 Å². The van der Waals surface area contributed by atoms with Crippen LogP contribution in [0.15, 0.2) is 24.3 Å². The summed E-state index contributed by atoms with van der Waals surface area (Å²) in [4.78, 5) is 20.7. The number of pyridine rings is 1. The van der Waals surface area contributed by atoms with Crippen molar-refractivity contribution in [2.45, 2.75) is 70.9 Å². The van der Waals surface area contributed by atoms with E-state index in [0.717, 1.165) is 37.1 Å². The smallest absolute Gasteiger partial charge is 0.273 e. The largest absolute Gasteiger partial charge is 0.491 e. The van der Waals surface area contributed by atoms with Crippen LogP contribution in [-0.4, -0.2) is 67.9 Å². The Morgan fingerprint density at radius 1 is 1.09 bits per heavy atom. The first-order chi connectivity index (χ1) is 17.1. The molecule has 2 aromatic rings. The van der Waals surface area contributed by atoms with E-state index in [9.17, 15) is 4.79 Å². The van der Waals surface area contributed by atoms with Crippen molar-refractivity contribution in [1.82, 2.24) is 15.2 Å². The van der Waals surface area contributed by atoms with Gasteiger partial charge in [-0.15, -0.1) is 0 Å². The third-order valence-corrected chi connectivity index (χ3v) is 7.18. The van der Waals surface area contributed by atoms with Crippen molar-refractivity contribution < 1.29 is 19.0 Å². The summed E-state index contributed by atoms with van der Waals surface area (Å²) in [5.41, 5.74) is 1.09. The Balaban J connectivity index is 1.67. The first kappa shape index (κ1) is 25.7. The molecule has 192 valence electrons. The molecule has 0 bridgehead atoms. The first-order valence-electron chi connectivity index (χ1n) is 13.3. The predicted octanol–water partition coefficient (Wildman–Crippen LogP) is 4.82. The maximum atomic E-state index is 13.8. The average Bonchev–Trinajstić information content (AvgIpc) is 2.88. The molecule has 7 nitrogen and oxygen atoms in total. The average molecular weight is 484 g/mol. The fourth-order valence-electron chi connectivity index (χ4n) is 5.36. The van der Waals surface area contributed by atoms with Crippen molar-refractivity contribution in [2.75, 3.05) is 40.0 Å². The number of carbonyl (C=O) groups excluding carboxylic acids is 1. The van der Waals surface area contributed by atoms with Crippen LogP contribution in [0.1, 0.15) is 69.3 Å². The minimum absolute atomic E-state index is 0.0609. The van der Waals surface area contributed by atoms with E-state index in [4.69, 9.17) is 19.2 Å². The van der Waals surface area contributed by atoms with Gasteiger partial charge in [0.05, 0.1) is 13.2 Å².